The Balaban J connectivity index is 1.92. The Morgan fingerprint density at radius 1 is 1.50 bits per heavy atom. The molecule has 3 atom stereocenters. The number of nitrogens with zero attached hydrogens (tertiary/aromatic N) is 2. The van der Waals surface area contributed by atoms with Crippen LogP contribution in [0, 0.1) is 17.2 Å². The van der Waals surface area contributed by atoms with Gasteiger partial charge in [-0.15, -0.1) is 0 Å². The minimum atomic E-state index is -0.289. The first kappa shape index (κ1) is 13.8. The maximum Gasteiger partial charge on any atom is 0.108 e. The number of ether oxygens (including phenoxy) is 1. The number of hydrogen-bond acceptors (Lipinski definition) is 4. The minimum absolute atomic E-state index is 0.289. The van der Waals surface area contributed by atoms with Crippen LogP contribution in [0.5, 0.6) is 0 Å². The van der Waals surface area contributed by atoms with Gasteiger partial charge in [0.25, 0.3) is 0 Å². The first-order valence-corrected chi connectivity index (χ1v) is 7.06. The molecule has 1 N–H and O–H groups in total. The van der Waals surface area contributed by atoms with E-state index in [9.17, 15) is 5.26 Å². The van der Waals surface area contributed by atoms with Crippen LogP contribution in [-0.4, -0.2) is 50.3 Å². The van der Waals surface area contributed by atoms with Gasteiger partial charge < -0.3 is 10.1 Å². The molecule has 2 aliphatic rings. The van der Waals surface area contributed by atoms with Crippen molar-refractivity contribution in [3.63, 3.8) is 0 Å². The van der Waals surface area contributed by atoms with Crippen molar-refractivity contribution in [1.29, 1.82) is 5.26 Å². The third-order valence-corrected chi connectivity index (χ3v) is 4.65. The van der Waals surface area contributed by atoms with Gasteiger partial charge in [-0.3, -0.25) is 4.90 Å². The van der Waals surface area contributed by atoms with E-state index in [0.29, 0.717) is 12.0 Å². The molecule has 0 radical (unpaired) electrons. The molecule has 1 aliphatic carbocycles. The van der Waals surface area contributed by atoms with E-state index in [-0.39, 0.29) is 5.54 Å². The summed E-state index contributed by atoms with van der Waals surface area (Å²) >= 11 is 0. The quantitative estimate of drug-likeness (QED) is 0.820. The molecular weight excluding hydrogens is 226 g/mol. The molecule has 4 heteroatoms. The van der Waals surface area contributed by atoms with Crippen molar-refractivity contribution in [3.8, 4) is 6.07 Å². The van der Waals surface area contributed by atoms with Crippen molar-refractivity contribution in [3.05, 3.63) is 0 Å². The maximum absolute atomic E-state index is 9.39. The summed E-state index contributed by atoms with van der Waals surface area (Å²) in [6, 6.07) is 3.07. The molecule has 0 aromatic heterocycles. The van der Waals surface area contributed by atoms with Crippen LogP contribution < -0.4 is 5.32 Å². The fourth-order valence-electron chi connectivity index (χ4n) is 3.51. The van der Waals surface area contributed by atoms with E-state index in [1.54, 1.807) is 7.11 Å². The van der Waals surface area contributed by atoms with Crippen LogP contribution in [0.2, 0.25) is 0 Å². The number of nitriles is 1. The van der Waals surface area contributed by atoms with E-state index in [0.717, 1.165) is 32.4 Å². The molecule has 18 heavy (non-hydrogen) atoms. The first-order chi connectivity index (χ1) is 8.73. The summed E-state index contributed by atoms with van der Waals surface area (Å²) in [6.45, 7) is 3.19. The van der Waals surface area contributed by atoms with E-state index in [1.165, 1.54) is 19.4 Å². The summed E-state index contributed by atoms with van der Waals surface area (Å²) in [6.07, 6.45) is 5.60. The summed E-state index contributed by atoms with van der Waals surface area (Å²) in [7, 11) is 3.70. The lowest BCUT2D eigenvalue weighted by Gasteiger charge is -2.39. The van der Waals surface area contributed by atoms with Crippen molar-refractivity contribution < 1.29 is 4.74 Å². The third kappa shape index (κ3) is 2.85. The van der Waals surface area contributed by atoms with Crippen LogP contribution in [0.15, 0.2) is 0 Å². The SMILES string of the molecule is CNC1(C#N)CCCC(N2CCC(COC)C2)C1. The summed E-state index contributed by atoms with van der Waals surface area (Å²) in [5.74, 6) is 0.683. The van der Waals surface area contributed by atoms with Crippen LogP contribution in [0.25, 0.3) is 0 Å². The molecule has 0 aromatic carbocycles. The Kier molecular flexibility index (Phi) is 4.60. The highest BCUT2D eigenvalue weighted by Crippen LogP contribution is 2.33. The minimum Gasteiger partial charge on any atom is -0.384 e. The highest BCUT2D eigenvalue weighted by Gasteiger charge is 2.39. The molecule has 1 heterocycles. The van der Waals surface area contributed by atoms with Gasteiger partial charge in [0.1, 0.15) is 5.54 Å². The lowest BCUT2D eigenvalue weighted by molar-refractivity contribution is 0.123. The number of likely N-dealkylation sites (tertiary alicyclic amines) is 1. The van der Waals surface area contributed by atoms with Crippen LogP contribution in [0.3, 0.4) is 0 Å². The molecule has 1 saturated heterocycles. The number of hydrogen-bond donors (Lipinski definition) is 1. The monoisotopic (exact) mass is 251 g/mol. The van der Waals surface area contributed by atoms with Crippen molar-refractivity contribution >= 4 is 0 Å². The van der Waals surface area contributed by atoms with Gasteiger partial charge >= 0.3 is 0 Å². The molecule has 102 valence electrons. The van der Waals surface area contributed by atoms with Crippen molar-refractivity contribution in [2.75, 3.05) is 33.9 Å². The Morgan fingerprint density at radius 2 is 2.33 bits per heavy atom. The van der Waals surface area contributed by atoms with Gasteiger partial charge in [0.15, 0.2) is 0 Å². The summed E-state index contributed by atoms with van der Waals surface area (Å²) in [4.78, 5) is 2.58. The number of nitrogens with one attached hydrogen (secondary N) is 1. The Labute approximate surface area is 110 Å². The fraction of sp³-hybridized carbons (Fsp3) is 0.929. The van der Waals surface area contributed by atoms with E-state index < -0.39 is 0 Å². The second kappa shape index (κ2) is 6.01. The molecule has 0 bridgehead atoms. The van der Waals surface area contributed by atoms with Gasteiger partial charge in [0.2, 0.25) is 0 Å². The van der Waals surface area contributed by atoms with Crippen molar-refractivity contribution in [1.82, 2.24) is 10.2 Å². The Morgan fingerprint density at radius 3 is 3.00 bits per heavy atom. The van der Waals surface area contributed by atoms with Crippen molar-refractivity contribution in [2.24, 2.45) is 5.92 Å². The average molecular weight is 251 g/mol. The highest BCUT2D eigenvalue weighted by molar-refractivity contribution is 5.10. The van der Waals surface area contributed by atoms with E-state index in [1.807, 2.05) is 7.05 Å². The molecule has 0 amide bonds. The van der Waals surface area contributed by atoms with Gasteiger partial charge in [0, 0.05) is 19.7 Å². The molecule has 0 aromatic rings. The Bertz CT molecular complexity index is 315. The first-order valence-electron chi connectivity index (χ1n) is 7.06. The molecule has 1 aliphatic heterocycles. The molecule has 1 saturated carbocycles. The standard InChI is InChI=1S/C14H25N3O/c1-16-14(11-15)6-3-4-13(8-14)17-7-5-12(9-17)10-18-2/h12-13,16H,3-10H2,1-2H3. The zero-order valence-corrected chi connectivity index (χ0v) is 11.6. The normalized spacial score (nSPS) is 37.6. The zero-order valence-electron chi connectivity index (χ0n) is 11.6. The molecule has 2 rings (SSSR count). The lowest BCUT2D eigenvalue weighted by atomic mass is 9.79. The van der Waals surface area contributed by atoms with Crippen LogP contribution in [0.4, 0.5) is 0 Å². The van der Waals surface area contributed by atoms with Gasteiger partial charge in [-0.25, -0.2) is 0 Å². The second-order valence-corrected chi connectivity index (χ2v) is 5.80. The van der Waals surface area contributed by atoms with Crippen LogP contribution in [0.1, 0.15) is 32.1 Å². The maximum atomic E-state index is 9.39. The van der Waals surface area contributed by atoms with Gasteiger partial charge in [-0.1, -0.05) is 0 Å². The van der Waals surface area contributed by atoms with Gasteiger partial charge in [-0.05, 0) is 51.6 Å². The third-order valence-electron chi connectivity index (χ3n) is 4.65. The predicted octanol–water partition coefficient (Wildman–Crippen LogP) is 1.38. The average Bonchev–Trinajstić information content (AvgIpc) is 2.88. The zero-order chi connectivity index (χ0) is 13.0. The molecule has 4 nitrogen and oxygen atoms in total. The predicted molar refractivity (Wildman–Crippen MR) is 71.2 cm³/mol. The highest BCUT2D eigenvalue weighted by atomic mass is 16.5. The van der Waals surface area contributed by atoms with Gasteiger partial charge in [0.05, 0.1) is 12.7 Å². The van der Waals surface area contributed by atoms with E-state index in [2.05, 4.69) is 16.3 Å². The smallest absolute Gasteiger partial charge is 0.108 e. The molecule has 0 spiro atoms. The van der Waals surface area contributed by atoms with Crippen LogP contribution in [-0.2, 0) is 4.74 Å². The molecule has 3 unspecified atom stereocenters. The summed E-state index contributed by atoms with van der Waals surface area (Å²) in [5.41, 5.74) is -0.289. The second-order valence-electron chi connectivity index (χ2n) is 5.80. The van der Waals surface area contributed by atoms with Crippen molar-refractivity contribution in [2.45, 2.75) is 43.7 Å². The van der Waals surface area contributed by atoms with E-state index in [4.69, 9.17) is 4.74 Å². The van der Waals surface area contributed by atoms with Crippen LogP contribution >= 0.6 is 0 Å². The Hall–Kier alpha value is -0.630. The summed E-state index contributed by atoms with van der Waals surface area (Å²) < 4.78 is 5.25. The largest absolute Gasteiger partial charge is 0.384 e. The fourth-order valence-corrected chi connectivity index (χ4v) is 3.51. The summed E-state index contributed by atoms with van der Waals surface area (Å²) in [5, 5.41) is 12.6. The lowest BCUT2D eigenvalue weighted by Crippen LogP contribution is -2.51. The van der Waals surface area contributed by atoms with E-state index >= 15 is 0 Å². The number of methoxy groups -OCH3 is 1. The van der Waals surface area contributed by atoms with Gasteiger partial charge in [-0.2, -0.15) is 5.26 Å². The number of rotatable bonds is 4. The molecule has 2 fully saturated rings. The molecular formula is C14H25N3O. The topological polar surface area (TPSA) is 48.3 Å².